The third-order valence-corrected chi connectivity index (χ3v) is 5.31. The minimum absolute atomic E-state index is 0.896. The van der Waals surface area contributed by atoms with Crippen LogP contribution in [-0.4, -0.2) is 6.54 Å². The van der Waals surface area contributed by atoms with E-state index >= 15 is 0 Å². The molecular weight excluding hydrogens is 286 g/mol. The fraction of sp³-hybridized carbons (Fsp3) is 0.529. The normalized spacial score (nSPS) is 11.3. The molecule has 0 radical (unpaired) electrons. The molecule has 110 valence electrons. The van der Waals surface area contributed by atoms with Gasteiger partial charge in [0.1, 0.15) is 0 Å². The van der Waals surface area contributed by atoms with Crippen LogP contribution in [0.4, 0.5) is 0 Å². The van der Waals surface area contributed by atoms with Gasteiger partial charge in [-0.15, -0.1) is 11.3 Å². The molecular formula is C17H24ClNS. The lowest BCUT2D eigenvalue weighted by Crippen LogP contribution is -2.13. The molecule has 0 saturated heterocycles. The van der Waals surface area contributed by atoms with Gasteiger partial charge in [-0.25, -0.2) is 0 Å². The number of nitrogens with one attached hydrogen (secondary N) is 1. The quantitative estimate of drug-likeness (QED) is 0.560. The summed E-state index contributed by atoms with van der Waals surface area (Å²) >= 11 is 8.23. The van der Waals surface area contributed by atoms with E-state index in [0.717, 1.165) is 18.1 Å². The molecule has 0 aliphatic carbocycles. The van der Waals surface area contributed by atoms with Crippen LogP contribution in [0.25, 0.3) is 10.1 Å². The van der Waals surface area contributed by atoms with E-state index < -0.39 is 0 Å². The molecule has 3 heteroatoms. The van der Waals surface area contributed by atoms with Gasteiger partial charge in [0.15, 0.2) is 0 Å². The Kier molecular flexibility index (Phi) is 6.85. The zero-order valence-corrected chi connectivity index (χ0v) is 13.8. The summed E-state index contributed by atoms with van der Waals surface area (Å²) in [5.41, 5.74) is 0. The number of halogens is 1. The molecule has 20 heavy (non-hydrogen) atoms. The van der Waals surface area contributed by atoms with E-state index in [1.165, 1.54) is 53.5 Å². The number of fused-ring (bicyclic) bond motifs is 1. The predicted molar refractivity (Wildman–Crippen MR) is 91.9 cm³/mol. The van der Waals surface area contributed by atoms with Crippen LogP contribution in [0.5, 0.6) is 0 Å². The van der Waals surface area contributed by atoms with Crippen LogP contribution in [0.3, 0.4) is 0 Å². The van der Waals surface area contributed by atoms with Gasteiger partial charge in [0, 0.05) is 21.5 Å². The van der Waals surface area contributed by atoms with Gasteiger partial charge in [-0.2, -0.15) is 0 Å². The van der Waals surface area contributed by atoms with Crippen molar-refractivity contribution in [1.29, 1.82) is 0 Å². The molecule has 0 spiro atoms. The Morgan fingerprint density at radius 3 is 2.60 bits per heavy atom. The molecule has 1 N–H and O–H groups in total. The molecule has 1 nitrogen and oxygen atoms in total. The number of hydrogen-bond donors (Lipinski definition) is 1. The third kappa shape index (κ3) is 4.47. The largest absolute Gasteiger partial charge is 0.312 e. The van der Waals surface area contributed by atoms with E-state index in [0.29, 0.717) is 0 Å². The summed E-state index contributed by atoms with van der Waals surface area (Å²) in [5, 5.41) is 5.64. The lowest BCUT2D eigenvalue weighted by atomic mass is 10.1. The van der Waals surface area contributed by atoms with Crippen molar-refractivity contribution >= 4 is 33.0 Å². The summed E-state index contributed by atoms with van der Waals surface area (Å²) in [6.45, 7) is 4.25. The molecule has 1 aromatic carbocycles. The highest BCUT2D eigenvalue weighted by Crippen LogP contribution is 2.34. The third-order valence-electron chi connectivity index (χ3n) is 3.59. The monoisotopic (exact) mass is 309 g/mol. The zero-order valence-electron chi connectivity index (χ0n) is 12.3. The Morgan fingerprint density at radius 1 is 1.05 bits per heavy atom. The van der Waals surface area contributed by atoms with Crippen LogP contribution < -0.4 is 5.32 Å². The second-order valence-corrected chi connectivity index (χ2v) is 6.79. The number of unbranched alkanes of at least 4 members (excludes halogenated alkanes) is 5. The second kappa shape index (κ2) is 8.66. The maximum atomic E-state index is 6.42. The van der Waals surface area contributed by atoms with Crippen molar-refractivity contribution < 1.29 is 0 Å². The second-order valence-electron chi connectivity index (χ2n) is 5.28. The van der Waals surface area contributed by atoms with Gasteiger partial charge in [-0.3, -0.25) is 0 Å². The number of rotatable bonds is 9. The maximum absolute atomic E-state index is 6.42. The summed E-state index contributed by atoms with van der Waals surface area (Å²) in [7, 11) is 0. The van der Waals surface area contributed by atoms with Gasteiger partial charge in [0.05, 0.1) is 5.02 Å². The Labute approximate surface area is 131 Å². The van der Waals surface area contributed by atoms with Crippen molar-refractivity contribution in [2.75, 3.05) is 6.54 Å². The van der Waals surface area contributed by atoms with Crippen LogP contribution in [0.15, 0.2) is 24.3 Å². The molecule has 1 aromatic heterocycles. The molecule has 0 aliphatic rings. The first kappa shape index (κ1) is 15.8. The van der Waals surface area contributed by atoms with Gasteiger partial charge in [0.25, 0.3) is 0 Å². The Bertz CT molecular complexity index is 521. The average Bonchev–Trinajstić information content (AvgIpc) is 2.79. The molecule has 0 atom stereocenters. The summed E-state index contributed by atoms with van der Waals surface area (Å²) in [6, 6.07) is 8.37. The van der Waals surface area contributed by atoms with Crippen LogP contribution >= 0.6 is 22.9 Å². The summed E-state index contributed by atoms with van der Waals surface area (Å²) in [5.74, 6) is 0. The van der Waals surface area contributed by atoms with Gasteiger partial charge in [-0.1, -0.05) is 68.8 Å². The van der Waals surface area contributed by atoms with Gasteiger partial charge >= 0.3 is 0 Å². The number of hydrogen-bond acceptors (Lipinski definition) is 2. The minimum Gasteiger partial charge on any atom is -0.312 e. The molecule has 0 aliphatic heterocycles. The van der Waals surface area contributed by atoms with E-state index in [1.807, 2.05) is 0 Å². The SMILES string of the molecule is CCCCCCCCNCc1sc2ccccc2c1Cl. The van der Waals surface area contributed by atoms with Crippen LogP contribution in [-0.2, 0) is 6.54 Å². The molecule has 0 saturated carbocycles. The number of thiophene rings is 1. The summed E-state index contributed by atoms with van der Waals surface area (Å²) in [4.78, 5) is 1.26. The van der Waals surface area contributed by atoms with Gasteiger partial charge in [0.2, 0.25) is 0 Å². The zero-order chi connectivity index (χ0) is 14.2. The highest BCUT2D eigenvalue weighted by molar-refractivity contribution is 7.19. The lowest BCUT2D eigenvalue weighted by Gasteiger charge is -2.03. The molecule has 2 aromatic rings. The predicted octanol–water partition coefficient (Wildman–Crippen LogP) is 6.00. The minimum atomic E-state index is 0.896. The highest BCUT2D eigenvalue weighted by Gasteiger charge is 2.08. The fourth-order valence-corrected chi connectivity index (χ4v) is 3.88. The van der Waals surface area contributed by atoms with Crippen molar-refractivity contribution in [3.63, 3.8) is 0 Å². The standard InChI is InChI=1S/C17H24ClNS/c1-2-3-4-5-6-9-12-19-13-16-17(18)14-10-7-8-11-15(14)20-16/h7-8,10-11,19H,2-6,9,12-13H2,1H3. The Hall–Kier alpha value is -0.570. The number of benzene rings is 1. The fourth-order valence-electron chi connectivity index (χ4n) is 2.41. The van der Waals surface area contributed by atoms with E-state index in [9.17, 15) is 0 Å². The maximum Gasteiger partial charge on any atom is 0.0636 e. The smallest absolute Gasteiger partial charge is 0.0636 e. The van der Waals surface area contributed by atoms with Crippen molar-refractivity contribution in [3.8, 4) is 0 Å². The Balaban J connectivity index is 1.69. The summed E-state index contributed by atoms with van der Waals surface area (Å²) in [6.07, 6.45) is 8.07. The van der Waals surface area contributed by atoms with E-state index in [4.69, 9.17) is 11.6 Å². The lowest BCUT2D eigenvalue weighted by molar-refractivity contribution is 0.573. The first-order valence-electron chi connectivity index (χ1n) is 7.69. The molecule has 0 fully saturated rings. The first-order chi connectivity index (χ1) is 9.83. The molecule has 1 heterocycles. The van der Waals surface area contributed by atoms with Gasteiger partial charge in [-0.05, 0) is 19.0 Å². The van der Waals surface area contributed by atoms with E-state index in [2.05, 4.69) is 36.5 Å². The topological polar surface area (TPSA) is 12.0 Å². The molecule has 0 bridgehead atoms. The van der Waals surface area contributed by atoms with Crippen molar-refractivity contribution in [3.05, 3.63) is 34.2 Å². The summed E-state index contributed by atoms with van der Waals surface area (Å²) < 4.78 is 1.29. The van der Waals surface area contributed by atoms with Crippen molar-refractivity contribution in [2.24, 2.45) is 0 Å². The van der Waals surface area contributed by atoms with Gasteiger partial charge < -0.3 is 5.32 Å². The van der Waals surface area contributed by atoms with Crippen molar-refractivity contribution in [2.45, 2.75) is 52.0 Å². The Morgan fingerprint density at radius 2 is 1.80 bits per heavy atom. The van der Waals surface area contributed by atoms with Crippen LogP contribution in [0, 0.1) is 0 Å². The highest BCUT2D eigenvalue weighted by atomic mass is 35.5. The first-order valence-corrected chi connectivity index (χ1v) is 8.89. The molecule has 0 unspecified atom stereocenters. The van der Waals surface area contributed by atoms with Crippen LogP contribution in [0.1, 0.15) is 50.3 Å². The van der Waals surface area contributed by atoms with E-state index in [-0.39, 0.29) is 0 Å². The average molecular weight is 310 g/mol. The molecule has 0 amide bonds. The van der Waals surface area contributed by atoms with Crippen LogP contribution in [0.2, 0.25) is 5.02 Å². The molecule has 2 rings (SSSR count). The van der Waals surface area contributed by atoms with Crippen molar-refractivity contribution in [1.82, 2.24) is 5.32 Å². The van der Waals surface area contributed by atoms with E-state index in [1.54, 1.807) is 11.3 Å².